The molecule has 0 aliphatic rings. The second kappa shape index (κ2) is 6.46. The maximum atomic E-state index is 12.0. The quantitative estimate of drug-likeness (QED) is 0.517. The zero-order chi connectivity index (χ0) is 15.4. The van der Waals surface area contributed by atoms with Crippen molar-refractivity contribution in [3.05, 3.63) is 44.1 Å². The van der Waals surface area contributed by atoms with Gasteiger partial charge in [-0.3, -0.25) is 14.9 Å². The molecule has 2 rings (SSSR count). The van der Waals surface area contributed by atoms with E-state index < -0.39 is 16.8 Å². The van der Waals surface area contributed by atoms with Crippen LogP contribution < -0.4 is 5.32 Å². The summed E-state index contributed by atoms with van der Waals surface area (Å²) in [5.41, 5.74) is -0.0153. The number of hydrogen-bond acceptors (Lipinski definition) is 7. The summed E-state index contributed by atoms with van der Waals surface area (Å²) in [4.78, 5) is 34.4. The molecule has 2 aromatic rings. The molecule has 0 atom stereocenters. The topological polar surface area (TPSA) is 98.5 Å². The predicted molar refractivity (Wildman–Crippen MR) is 79.2 cm³/mol. The first-order valence-electron chi connectivity index (χ1n) is 5.83. The summed E-state index contributed by atoms with van der Waals surface area (Å²) in [6, 6.07) is 4.43. The molecule has 0 bridgehead atoms. The second-order valence-electron chi connectivity index (χ2n) is 3.74. The van der Waals surface area contributed by atoms with E-state index in [1.54, 1.807) is 24.4 Å². The van der Waals surface area contributed by atoms with Crippen molar-refractivity contribution in [2.24, 2.45) is 0 Å². The SMILES string of the molecule is CCOC(=O)c1cc([N+](=O)[O-])sc1NC(=O)c1cccs1. The number of rotatable bonds is 5. The number of thiophene rings is 2. The third kappa shape index (κ3) is 3.44. The van der Waals surface area contributed by atoms with E-state index in [9.17, 15) is 19.7 Å². The van der Waals surface area contributed by atoms with E-state index in [0.717, 1.165) is 17.4 Å². The van der Waals surface area contributed by atoms with Crippen molar-refractivity contribution in [2.45, 2.75) is 6.92 Å². The Morgan fingerprint density at radius 2 is 2.24 bits per heavy atom. The number of nitro groups is 1. The third-order valence-electron chi connectivity index (χ3n) is 2.37. The Morgan fingerprint density at radius 3 is 2.81 bits per heavy atom. The van der Waals surface area contributed by atoms with Crippen LogP contribution in [-0.2, 0) is 4.74 Å². The molecule has 2 aromatic heterocycles. The third-order valence-corrected chi connectivity index (χ3v) is 4.24. The highest BCUT2D eigenvalue weighted by atomic mass is 32.1. The molecule has 2 heterocycles. The van der Waals surface area contributed by atoms with Gasteiger partial charge in [-0.05, 0) is 29.7 Å². The molecule has 0 radical (unpaired) electrons. The van der Waals surface area contributed by atoms with E-state index in [1.165, 1.54) is 11.3 Å². The molecule has 0 saturated heterocycles. The Morgan fingerprint density at radius 1 is 1.48 bits per heavy atom. The van der Waals surface area contributed by atoms with Crippen LogP contribution in [0, 0.1) is 10.1 Å². The summed E-state index contributed by atoms with van der Waals surface area (Å²) in [6.45, 7) is 1.77. The van der Waals surface area contributed by atoms with Crippen molar-refractivity contribution in [3.8, 4) is 0 Å². The fourth-order valence-electron chi connectivity index (χ4n) is 1.49. The number of nitrogens with zero attached hydrogens (tertiary/aromatic N) is 1. The van der Waals surface area contributed by atoms with Gasteiger partial charge in [-0.2, -0.15) is 0 Å². The molecule has 0 spiro atoms. The smallest absolute Gasteiger partial charge is 0.341 e. The van der Waals surface area contributed by atoms with Gasteiger partial charge in [-0.25, -0.2) is 4.79 Å². The van der Waals surface area contributed by atoms with Gasteiger partial charge in [-0.1, -0.05) is 6.07 Å². The van der Waals surface area contributed by atoms with Gasteiger partial charge < -0.3 is 10.1 Å². The van der Waals surface area contributed by atoms with Crippen LogP contribution in [0.2, 0.25) is 0 Å². The molecule has 0 fully saturated rings. The molecule has 1 N–H and O–H groups in total. The Kier molecular flexibility index (Phi) is 4.66. The molecule has 0 saturated carbocycles. The van der Waals surface area contributed by atoms with Crippen LogP contribution in [0.3, 0.4) is 0 Å². The summed E-state index contributed by atoms with van der Waals surface area (Å²) in [6.07, 6.45) is 0. The maximum absolute atomic E-state index is 12.0. The van der Waals surface area contributed by atoms with Crippen LogP contribution in [0.5, 0.6) is 0 Å². The fraction of sp³-hybridized carbons (Fsp3) is 0.167. The van der Waals surface area contributed by atoms with Crippen molar-refractivity contribution in [1.29, 1.82) is 0 Å². The largest absolute Gasteiger partial charge is 0.462 e. The van der Waals surface area contributed by atoms with E-state index in [2.05, 4.69) is 5.32 Å². The lowest BCUT2D eigenvalue weighted by molar-refractivity contribution is -0.380. The highest BCUT2D eigenvalue weighted by Crippen LogP contribution is 2.34. The number of carbonyl (C=O) groups is 2. The lowest BCUT2D eigenvalue weighted by Gasteiger charge is -2.04. The van der Waals surface area contributed by atoms with Gasteiger partial charge in [0.25, 0.3) is 5.91 Å². The zero-order valence-corrected chi connectivity index (χ0v) is 12.5. The molecule has 21 heavy (non-hydrogen) atoms. The lowest BCUT2D eigenvalue weighted by Crippen LogP contribution is -2.13. The number of hydrogen-bond donors (Lipinski definition) is 1. The Labute approximate surface area is 127 Å². The summed E-state index contributed by atoms with van der Waals surface area (Å²) >= 11 is 1.95. The number of amides is 1. The van der Waals surface area contributed by atoms with Gasteiger partial charge >= 0.3 is 11.0 Å². The molecular weight excluding hydrogens is 316 g/mol. The van der Waals surface area contributed by atoms with Crippen LogP contribution in [0.25, 0.3) is 0 Å². The summed E-state index contributed by atoms with van der Waals surface area (Å²) in [5, 5.41) is 14.9. The van der Waals surface area contributed by atoms with Crippen LogP contribution in [0.15, 0.2) is 23.6 Å². The van der Waals surface area contributed by atoms with E-state index in [-0.39, 0.29) is 22.2 Å². The normalized spacial score (nSPS) is 10.1. The first-order valence-corrected chi connectivity index (χ1v) is 7.52. The van der Waals surface area contributed by atoms with E-state index >= 15 is 0 Å². The van der Waals surface area contributed by atoms with Crippen molar-refractivity contribution in [1.82, 2.24) is 0 Å². The minimum atomic E-state index is -0.705. The van der Waals surface area contributed by atoms with Gasteiger partial charge in [-0.15, -0.1) is 11.3 Å². The number of nitrogens with one attached hydrogen (secondary N) is 1. The summed E-state index contributed by atoms with van der Waals surface area (Å²) in [5.74, 6) is -1.13. The Bertz CT molecular complexity index is 678. The molecule has 110 valence electrons. The van der Waals surface area contributed by atoms with Gasteiger partial charge in [0.05, 0.1) is 16.4 Å². The zero-order valence-electron chi connectivity index (χ0n) is 10.8. The van der Waals surface area contributed by atoms with Crippen LogP contribution in [-0.4, -0.2) is 23.4 Å². The maximum Gasteiger partial charge on any atom is 0.341 e. The van der Waals surface area contributed by atoms with Crippen LogP contribution in [0.4, 0.5) is 10.0 Å². The summed E-state index contributed by atoms with van der Waals surface area (Å²) in [7, 11) is 0. The second-order valence-corrected chi connectivity index (χ2v) is 5.71. The van der Waals surface area contributed by atoms with Gasteiger partial charge in [0.1, 0.15) is 10.6 Å². The molecular formula is C12H10N2O5S2. The Hall–Kier alpha value is -2.26. The highest BCUT2D eigenvalue weighted by Gasteiger charge is 2.24. The number of ether oxygens (including phenoxy) is 1. The molecule has 0 aliphatic carbocycles. The van der Waals surface area contributed by atoms with Crippen LogP contribution in [0.1, 0.15) is 27.0 Å². The number of anilines is 1. The molecule has 0 aliphatic heterocycles. The van der Waals surface area contributed by atoms with Crippen LogP contribution >= 0.6 is 22.7 Å². The average Bonchev–Trinajstić information content (AvgIpc) is 3.08. The lowest BCUT2D eigenvalue weighted by atomic mass is 10.3. The molecule has 1 amide bonds. The van der Waals surface area contributed by atoms with Gasteiger partial charge in [0.15, 0.2) is 0 Å². The van der Waals surface area contributed by atoms with Crippen molar-refractivity contribution >= 4 is 44.6 Å². The van der Waals surface area contributed by atoms with E-state index in [0.29, 0.717) is 4.88 Å². The molecule has 0 unspecified atom stereocenters. The minimum Gasteiger partial charge on any atom is -0.462 e. The molecule has 9 heteroatoms. The first kappa shape index (κ1) is 15.1. The minimum absolute atomic E-state index is 0.0153. The predicted octanol–water partition coefficient (Wildman–Crippen LogP) is 3.15. The van der Waals surface area contributed by atoms with E-state index in [1.807, 2.05) is 0 Å². The first-order chi connectivity index (χ1) is 10.0. The fourth-order valence-corrected chi connectivity index (χ4v) is 2.97. The standard InChI is InChI=1S/C12H10N2O5S2/c1-2-19-12(16)7-6-9(14(17)18)21-11(7)13-10(15)8-4-3-5-20-8/h3-6H,2H2,1H3,(H,13,15). The highest BCUT2D eigenvalue weighted by molar-refractivity contribution is 7.20. The molecule has 7 nitrogen and oxygen atoms in total. The van der Waals surface area contributed by atoms with Crippen molar-refractivity contribution in [2.75, 3.05) is 11.9 Å². The number of carbonyl (C=O) groups excluding carboxylic acids is 2. The van der Waals surface area contributed by atoms with Gasteiger partial charge in [0.2, 0.25) is 0 Å². The van der Waals surface area contributed by atoms with Gasteiger partial charge in [0, 0.05) is 6.07 Å². The van der Waals surface area contributed by atoms with E-state index in [4.69, 9.17) is 4.74 Å². The average molecular weight is 326 g/mol. The number of esters is 1. The van der Waals surface area contributed by atoms with Crippen molar-refractivity contribution in [3.63, 3.8) is 0 Å². The Balaban J connectivity index is 2.30. The summed E-state index contributed by atoms with van der Waals surface area (Å²) < 4.78 is 4.83. The van der Waals surface area contributed by atoms with Crippen molar-refractivity contribution < 1.29 is 19.2 Å². The molecule has 0 aromatic carbocycles. The monoisotopic (exact) mass is 326 g/mol.